The second-order valence-electron chi connectivity index (χ2n) is 5.01. The van der Waals surface area contributed by atoms with E-state index in [9.17, 15) is 14.7 Å². The minimum Gasteiger partial charge on any atom is -0.468 e. The molecule has 7 nitrogen and oxygen atoms in total. The zero-order valence-corrected chi connectivity index (χ0v) is 13.3. The highest BCUT2D eigenvalue weighted by Gasteiger charge is 2.24. The average Bonchev–Trinajstić information content (AvgIpc) is 2.48. The molecule has 8 heteroatoms. The summed E-state index contributed by atoms with van der Waals surface area (Å²) in [5.74, 6) is -0.542. The van der Waals surface area contributed by atoms with E-state index in [0.29, 0.717) is 10.2 Å². The van der Waals surface area contributed by atoms with E-state index >= 15 is 0 Å². The van der Waals surface area contributed by atoms with Crippen LogP contribution < -0.4 is 10.9 Å². The molecule has 0 aliphatic heterocycles. The van der Waals surface area contributed by atoms with Gasteiger partial charge < -0.3 is 15.2 Å². The minimum absolute atomic E-state index is 0.0901. The number of rotatable bonds is 4. The van der Waals surface area contributed by atoms with Crippen LogP contribution in [0.15, 0.2) is 15.5 Å². The van der Waals surface area contributed by atoms with E-state index in [0.717, 1.165) is 30.4 Å². The molecule has 0 radical (unpaired) electrons. The number of halogens is 1. The van der Waals surface area contributed by atoms with Gasteiger partial charge in [0.1, 0.15) is 11.0 Å². The van der Waals surface area contributed by atoms with Crippen LogP contribution in [0.25, 0.3) is 0 Å². The van der Waals surface area contributed by atoms with Crippen LogP contribution >= 0.6 is 15.9 Å². The number of hydrogen-bond acceptors (Lipinski definition) is 6. The molecule has 21 heavy (non-hydrogen) atoms. The Bertz CT molecular complexity index is 575. The van der Waals surface area contributed by atoms with E-state index in [1.54, 1.807) is 0 Å². The number of carbonyl (C=O) groups excluding carboxylic acids is 1. The fraction of sp³-hybridized carbons (Fsp3) is 0.615. The van der Waals surface area contributed by atoms with Crippen LogP contribution in [-0.2, 0) is 16.1 Å². The Kier molecular flexibility index (Phi) is 5.35. The van der Waals surface area contributed by atoms with Crippen molar-refractivity contribution in [2.24, 2.45) is 0 Å². The van der Waals surface area contributed by atoms with Gasteiger partial charge in [0.15, 0.2) is 0 Å². The monoisotopic (exact) mass is 359 g/mol. The molecule has 1 aromatic rings. The maximum Gasteiger partial charge on any atom is 0.327 e. The van der Waals surface area contributed by atoms with E-state index in [-0.39, 0.29) is 12.6 Å². The fourth-order valence-electron chi connectivity index (χ4n) is 2.34. The lowest BCUT2D eigenvalue weighted by molar-refractivity contribution is -0.141. The first kappa shape index (κ1) is 16.0. The van der Waals surface area contributed by atoms with Crippen molar-refractivity contribution < 1.29 is 14.6 Å². The summed E-state index contributed by atoms with van der Waals surface area (Å²) >= 11 is 3.22. The summed E-state index contributed by atoms with van der Waals surface area (Å²) in [6, 6.07) is -0.0901. The van der Waals surface area contributed by atoms with E-state index in [1.807, 2.05) is 0 Å². The van der Waals surface area contributed by atoms with Crippen molar-refractivity contribution in [1.82, 2.24) is 9.78 Å². The molecule has 2 N–H and O–H groups in total. The highest BCUT2D eigenvalue weighted by atomic mass is 79.9. The van der Waals surface area contributed by atoms with Gasteiger partial charge in [0.05, 0.1) is 31.1 Å². The molecule has 1 aliphatic rings. The van der Waals surface area contributed by atoms with E-state index in [2.05, 4.69) is 31.1 Å². The Hall–Kier alpha value is -1.41. The van der Waals surface area contributed by atoms with Crippen LogP contribution in [0.2, 0.25) is 0 Å². The first-order valence-corrected chi connectivity index (χ1v) is 7.59. The van der Waals surface area contributed by atoms with E-state index < -0.39 is 17.6 Å². The van der Waals surface area contributed by atoms with Gasteiger partial charge in [0.25, 0.3) is 5.56 Å². The van der Waals surface area contributed by atoms with E-state index in [4.69, 9.17) is 0 Å². The van der Waals surface area contributed by atoms with Gasteiger partial charge in [-0.25, -0.2) is 4.68 Å². The largest absolute Gasteiger partial charge is 0.468 e. The smallest absolute Gasteiger partial charge is 0.327 e. The Morgan fingerprint density at radius 2 is 2.29 bits per heavy atom. The lowest BCUT2D eigenvalue weighted by Crippen LogP contribution is -2.37. The van der Waals surface area contributed by atoms with Crippen molar-refractivity contribution in [2.45, 2.75) is 44.4 Å². The number of hydrogen-bond donors (Lipinski definition) is 2. The van der Waals surface area contributed by atoms with Crippen molar-refractivity contribution >= 4 is 27.6 Å². The zero-order chi connectivity index (χ0) is 15.4. The Balaban J connectivity index is 2.16. The van der Waals surface area contributed by atoms with Gasteiger partial charge >= 0.3 is 5.97 Å². The topological polar surface area (TPSA) is 93.5 Å². The SMILES string of the molecule is COC(=O)Cn1ncc(NC2CCCCC2O)c(Br)c1=O. The standard InChI is InChI=1S/C13H18BrN3O4/c1-21-11(19)7-17-13(20)12(14)9(6-15-17)16-8-4-2-3-5-10(8)18/h6,8,10,16,18H,2-5,7H2,1H3. The van der Waals surface area contributed by atoms with Crippen molar-refractivity contribution in [3.05, 3.63) is 21.0 Å². The van der Waals surface area contributed by atoms with Crippen molar-refractivity contribution in [1.29, 1.82) is 0 Å². The molecule has 2 rings (SSSR count). The van der Waals surface area contributed by atoms with Crippen LogP contribution in [-0.4, -0.2) is 40.1 Å². The summed E-state index contributed by atoms with van der Waals surface area (Å²) in [6.45, 7) is -0.236. The normalized spacial score (nSPS) is 21.9. The number of nitrogens with one attached hydrogen (secondary N) is 1. The van der Waals surface area contributed by atoms with Crippen molar-refractivity contribution in [3.63, 3.8) is 0 Å². The number of esters is 1. The van der Waals surface area contributed by atoms with Gasteiger partial charge in [0, 0.05) is 0 Å². The molecule has 116 valence electrons. The van der Waals surface area contributed by atoms with Crippen LogP contribution in [0, 0.1) is 0 Å². The molecule has 0 saturated heterocycles. The molecular formula is C13H18BrN3O4. The second kappa shape index (κ2) is 7.04. The summed E-state index contributed by atoms with van der Waals surface area (Å²) < 4.78 is 5.83. The molecule has 1 heterocycles. The van der Waals surface area contributed by atoms with Crippen LogP contribution in [0.1, 0.15) is 25.7 Å². The lowest BCUT2D eigenvalue weighted by Gasteiger charge is -2.29. The van der Waals surface area contributed by atoms with Crippen molar-refractivity contribution in [3.8, 4) is 0 Å². The Labute approximate surface area is 130 Å². The molecule has 0 bridgehead atoms. The van der Waals surface area contributed by atoms with Gasteiger partial charge in [-0.2, -0.15) is 5.10 Å². The molecule has 1 fully saturated rings. The fourth-order valence-corrected chi connectivity index (χ4v) is 2.77. The number of aliphatic hydroxyl groups excluding tert-OH is 1. The number of aliphatic hydroxyl groups is 1. The number of aromatic nitrogens is 2. The summed E-state index contributed by atoms with van der Waals surface area (Å²) in [6.07, 6.45) is 4.69. The molecule has 1 aromatic heterocycles. The number of nitrogens with zero attached hydrogens (tertiary/aromatic N) is 2. The first-order valence-electron chi connectivity index (χ1n) is 6.80. The zero-order valence-electron chi connectivity index (χ0n) is 11.7. The highest BCUT2D eigenvalue weighted by molar-refractivity contribution is 9.10. The molecule has 0 aromatic carbocycles. The van der Waals surface area contributed by atoms with Crippen molar-refractivity contribution in [2.75, 3.05) is 12.4 Å². The summed E-state index contributed by atoms with van der Waals surface area (Å²) in [4.78, 5) is 23.3. The predicted octanol–water partition coefficient (Wildman–Crippen LogP) is 0.894. The van der Waals surface area contributed by atoms with Crippen LogP contribution in [0.3, 0.4) is 0 Å². The lowest BCUT2D eigenvalue weighted by atomic mass is 9.92. The number of carbonyl (C=O) groups is 1. The number of anilines is 1. The molecule has 0 amide bonds. The van der Waals surface area contributed by atoms with E-state index in [1.165, 1.54) is 13.3 Å². The maximum absolute atomic E-state index is 12.1. The Morgan fingerprint density at radius 3 is 2.95 bits per heavy atom. The van der Waals surface area contributed by atoms with Gasteiger partial charge in [-0.05, 0) is 28.8 Å². The third-order valence-electron chi connectivity index (χ3n) is 3.56. The molecule has 2 unspecified atom stereocenters. The third-order valence-corrected chi connectivity index (χ3v) is 4.33. The molecule has 1 aliphatic carbocycles. The molecule has 2 atom stereocenters. The van der Waals surface area contributed by atoms with Gasteiger partial charge in [-0.3, -0.25) is 9.59 Å². The van der Waals surface area contributed by atoms with Gasteiger partial charge in [-0.1, -0.05) is 12.8 Å². The van der Waals surface area contributed by atoms with Crippen LogP contribution in [0.4, 0.5) is 5.69 Å². The summed E-state index contributed by atoms with van der Waals surface area (Å²) in [5.41, 5.74) is 0.0998. The quantitative estimate of drug-likeness (QED) is 0.775. The minimum atomic E-state index is -0.542. The first-order chi connectivity index (χ1) is 10.0. The van der Waals surface area contributed by atoms with Gasteiger partial charge in [0.2, 0.25) is 0 Å². The predicted molar refractivity (Wildman–Crippen MR) is 80.1 cm³/mol. The molecule has 0 spiro atoms. The molecular weight excluding hydrogens is 342 g/mol. The molecule has 1 saturated carbocycles. The third kappa shape index (κ3) is 3.82. The van der Waals surface area contributed by atoms with Gasteiger partial charge in [-0.15, -0.1) is 0 Å². The number of methoxy groups -OCH3 is 1. The average molecular weight is 360 g/mol. The second-order valence-corrected chi connectivity index (χ2v) is 5.81. The number of ether oxygens (including phenoxy) is 1. The maximum atomic E-state index is 12.1. The highest BCUT2D eigenvalue weighted by Crippen LogP contribution is 2.24. The Morgan fingerprint density at radius 1 is 1.57 bits per heavy atom. The van der Waals surface area contributed by atoms with Crippen LogP contribution in [0.5, 0.6) is 0 Å². The summed E-state index contributed by atoms with van der Waals surface area (Å²) in [7, 11) is 1.25. The summed E-state index contributed by atoms with van der Waals surface area (Å²) in [5, 5.41) is 17.0.